The highest BCUT2D eigenvalue weighted by atomic mass is 19.1. The fraction of sp³-hybridized carbons (Fsp3) is 0.208. The van der Waals surface area contributed by atoms with Gasteiger partial charge in [-0.3, -0.25) is 0 Å². The van der Waals surface area contributed by atoms with Crippen molar-refractivity contribution in [1.82, 2.24) is 14.5 Å². The molecule has 4 rings (SSSR count). The number of halogens is 1. The molecule has 0 spiro atoms. The topological polar surface area (TPSA) is 54.5 Å². The minimum absolute atomic E-state index is 0.297. The maximum absolute atomic E-state index is 15.0. The van der Waals surface area contributed by atoms with Gasteiger partial charge in [-0.2, -0.15) is 5.26 Å². The van der Waals surface area contributed by atoms with Crippen LogP contribution in [0.3, 0.4) is 0 Å². The molecule has 0 saturated heterocycles. The molecule has 2 aromatic carbocycles. The van der Waals surface area contributed by atoms with Crippen molar-refractivity contribution in [2.45, 2.75) is 32.7 Å². The van der Waals surface area contributed by atoms with E-state index in [-0.39, 0.29) is 5.82 Å². The first-order valence-corrected chi connectivity index (χ1v) is 9.79. The maximum atomic E-state index is 15.0. The molecule has 0 radical (unpaired) electrons. The van der Waals surface area contributed by atoms with Crippen LogP contribution in [0.5, 0.6) is 0 Å². The van der Waals surface area contributed by atoms with Crippen molar-refractivity contribution >= 4 is 11.2 Å². The van der Waals surface area contributed by atoms with Gasteiger partial charge in [-0.25, -0.2) is 14.4 Å². The van der Waals surface area contributed by atoms with Gasteiger partial charge in [-0.1, -0.05) is 43.7 Å². The van der Waals surface area contributed by atoms with Gasteiger partial charge in [0.1, 0.15) is 17.2 Å². The van der Waals surface area contributed by atoms with Crippen molar-refractivity contribution in [3.8, 4) is 17.2 Å². The fourth-order valence-electron chi connectivity index (χ4n) is 3.54. The summed E-state index contributed by atoms with van der Waals surface area (Å²) < 4.78 is 17.0. The minimum Gasteiger partial charge on any atom is -0.308 e. The number of hydrogen-bond donors (Lipinski definition) is 0. The number of imidazole rings is 1. The number of benzene rings is 2. The number of unbranched alkanes of at least 4 members (excludes halogenated alkanes) is 1. The molecule has 0 N–H and O–H groups in total. The van der Waals surface area contributed by atoms with Crippen molar-refractivity contribution in [2.24, 2.45) is 0 Å². The molecule has 2 heterocycles. The van der Waals surface area contributed by atoms with E-state index in [1.165, 1.54) is 6.07 Å². The van der Waals surface area contributed by atoms with Crippen LogP contribution in [-0.2, 0) is 13.0 Å². The number of nitriles is 1. The van der Waals surface area contributed by atoms with Gasteiger partial charge in [0.2, 0.25) is 0 Å². The summed E-state index contributed by atoms with van der Waals surface area (Å²) in [6, 6.07) is 18.4. The molecule has 4 aromatic rings. The van der Waals surface area contributed by atoms with Crippen molar-refractivity contribution in [2.75, 3.05) is 0 Å². The molecule has 0 aliphatic rings. The second kappa shape index (κ2) is 8.24. The Balaban J connectivity index is 1.71. The van der Waals surface area contributed by atoms with Gasteiger partial charge in [0.05, 0.1) is 18.2 Å². The minimum atomic E-state index is -0.297. The molecule has 0 bridgehead atoms. The van der Waals surface area contributed by atoms with Crippen LogP contribution in [0.15, 0.2) is 60.8 Å². The SMILES string of the molecule is CCCCc1nc2cccnc2n1Cc1ccc(-c2ccccc2C#N)cc1F. The number of rotatable bonds is 6. The van der Waals surface area contributed by atoms with Crippen molar-refractivity contribution in [3.05, 3.63) is 83.6 Å². The average Bonchev–Trinajstić information content (AvgIpc) is 3.11. The summed E-state index contributed by atoms with van der Waals surface area (Å²) in [5.41, 5.74) is 4.15. The van der Waals surface area contributed by atoms with Gasteiger partial charge in [-0.05, 0) is 41.8 Å². The first-order valence-electron chi connectivity index (χ1n) is 9.79. The van der Waals surface area contributed by atoms with E-state index < -0.39 is 0 Å². The molecule has 0 saturated carbocycles. The summed E-state index contributed by atoms with van der Waals surface area (Å²) in [5, 5.41) is 9.32. The zero-order chi connectivity index (χ0) is 20.2. The monoisotopic (exact) mass is 384 g/mol. The Morgan fingerprint density at radius 1 is 1.10 bits per heavy atom. The van der Waals surface area contributed by atoms with Gasteiger partial charge in [0, 0.05) is 18.2 Å². The van der Waals surface area contributed by atoms with Crippen LogP contribution < -0.4 is 0 Å². The molecule has 5 heteroatoms. The molecular weight excluding hydrogens is 363 g/mol. The highest BCUT2D eigenvalue weighted by Gasteiger charge is 2.14. The van der Waals surface area contributed by atoms with Crippen LogP contribution in [0.25, 0.3) is 22.3 Å². The summed E-state index contributed by atoms with van der Waals surface area (Å²) in [6.45, 7) is 2.52. The summed E-state index contributed by atoms with van der Waals surface area (Å²) in [6.07, 6.45) is 4.66. The third-order valence-electron chi connectivity index (χ3n) is 5.08. The lowest BCUT2D eigenvalue weighted by Crippen LogP contribution is -2.07. The Kier molecular flexibility index (Phi) is 5.35. The second-order valence-corrected chi connectivity index (χ2v) is 7.03. The number of nitrogens with zero attached hydrogens (tertiary/aromatic N) is 4. The lowest BCUT2D eigenvalue weighted by atomic mass is 9.99. The van der Waals surface area contributed by atoms with E-state index in [1.807, 2.05) is 41.0 Å². The highest BCUT2D eigenvalue weighted by molar-refractivity contribution is 5.72. The first kappa shape index (κ1) is 18.8. The van der Waals surface area contributed by atoms with Crippen molar-refractivity contribution in [1.29, 1.82) is 5.26 Å². The van der Waals surface area contributed by atoms with E-state index in [9.17, 15) is 5.26 Å². The van der Waals surface area contributed by atoms with Crippen LogP contribution >= 0.6 is 0 Å². The van der Waals surface area contributed by atoms with Crippen LogP contribution in [0.1, 0.15) is 36.7 Å². The Morgan fingerprint density at radius 3 is 2.76 bits per heavy atom. The summed E-state index contributed by atoms with van der Waals surface area (Å²) in [5.74, 6) is 0.633. The summed E-state index contributed by atoms with van der Waals surface area (Å²) >= 11 is 0. The number of hydrogen-bond acceptors (Lipinski definition) is 3. The van der Waals surface area contributed by atoms with Crippen molar-refractivity contribution in [3.63, 3.8) is 0 Å². The Morgan fingerprint density at radius 2 is 1.97 bits per heavy atom. The molecule has 0 aliphatic heterocycles. The second-order valence-electron chi connectivity index (χ2n) is 7.03. The zero-order valence-corrected chi connectivity index (χ0v) is 16.3. The molecule has 29 heavy (non-hydrogen) atoms. The molecule has 2 aromatic heterocycles. The zero-order valence-electron chi connectivity index (χ0n) is 16.3. The summed E-state index contributed by atoms with van der Waals surface area (Å²) in [4.78, 5) is 9.17. The number of aryl methyl sites for hydroxylation is 1. The van der Waals surface area contributed by atoms with E-state index in [0.717, 1.165) is 41.8 Å². The molecule has 0 fully saturated rings. The van der Waals surface area contributed by atoms with Gasteiger partial charge >= 0.3 is 0 Å². The Bertz CT molecular complexity index is 1200. The highest BCUT2D eigenvalue weighted by Crippen LogP contribution is 2.26. The van der Waals surface area contributed by atoms with Crippen LogP contribution in [-0.4, -0.2) is 14.5 Å². The fourth-order valence-corrected chi connectivity index (χ4v) is 3.54. The van der Waals surface area contributed by atoms with Crippen LogP contribution in [0.4, 0.5) is 4.39 Å². The lowest BCUT2D eigenvalue weighted by Gasteiger charge is -2.11. The van der Waals surface area contributed by atoms with E-state index in [0.29, 0.717) is 23.2 Å². The third-order valence-corrected chi connectivity index (χ3v) is 5.08. The number of aromatic nitrogens is 3. The van der Waals surface area contributed by atoms with Crippen molar-refractivity contribution < 1.29 is 4.39 Å². The molecule has 4 nitrogen and oxygen atoms in total. The van der Waals surface area contributed by atoms with Gasteiger partial charge in [-0.15, -0.1) is 0 Å². The predicted molar refractivity (Wildman–Crippen MR) is 112 cm³/mol. The van der Waals surface area contributed by atoms with E-state index in [4.69, 9.17) is 4.98 Å². The van der Waals surface area contributed by atoms with Gasteiger partial charge in [0.25, 0.3) is 0 Å². The summed E-state index contributed by atoms with van der Waals surface area (Å²) in [7, 11) is 0. The molecule has 0 unspecified atom stereocenters. The standard InChI is InChI=1S/C24H21FN4/c1-2-3-10-23-28-22-9-6-13-27-24(22)29(23)16-19-12-11-17(14-21(19)25)20-8-5-4-7-18(20)15-26/h4-9,11-14H,2-3,10,16H2,1H3. The smallest absolute Gasteiger partial charge is 0.160 e. The third kappa shape index (κ3) is 3.74. The quantitative estimate of drug-likeness (QED) is 0.441. The molecular formula is C24H21FN4. The molecule has 144 valence electrons. The van der Waals surface area contributed by atoms with Crippen LogP contribution in [0.2, 0.25) is 0 Å². The average molecular weight is 384 g/mol. The van der Waals surface area contributed by atoms with E-state index in [1.54, 1.807) is 18.3 Å². The first-order chi connectivity index (χ1) is 14.2. The van der Waals surface area contributed by atoms with Crippen LogP contribution in [0, 0.1) is 17.1 Å². The normalized spacial score (nSPS) is 10.9. The van der Waals surface area contributed by atoms with Gasteiger partial charge in [0.15, 0.2) is 5.65 Å². The molecule has 0 amide bonds. The lowest BCUT2D eigenvalue weighted by molar-refractivity contribution is 0.594. The maximum Gasteiger partial charge on any atom is 0.160 e. The predicted octanol–water partition coefficient (Wildman–Crippen LogP) is 5.50. The molecule has 0 aliphatic carbocycles. The van der Waals surface area contributed by atoms with E-state index >= 15 is 4.39 Å². The van der Waals surface area contributed by atoms with E-state index in [2.05, 4.69) is 18.0 Å². The molecule has 0 atom stereocenters. The number of pyridine rings is 1. The Labute approximate surface area is 169 Å². The largest absolute Gasteiger partial charge is 0.308 e. The Hall–Kier alpha value is -3.52. The number of fused-ring (bicyclic) bond motifs is 1. The van der Waals surface area contributed by atoms with Gasteiger partial charge < -0.3 is 4.57 Å².